The number of aryl methyl sites for hydroxylation is 1. The molecule has 11 heteroatoms. The van der Waals surface area contributed by atoms with E-state index in [1.807, 2.05) is 18.2 Å². The van der Waals surface area contributed by atoms with Crippen LogP contribution in [0.4, 0.5) is 16.4 Å². The van der Waals surface area contributed by atoms with Crippen molar-refractivity contribution in [1.82, 2.24) is 25.5 Å². The van der Waals surface area contributed by atoms with E-state index in [0.717, 1.165) is 67.9 Å². The van der Waals surface area contributed by atoms with Gasteiger partial charge in [-0.05, 0) is 103 Å². The number of urea groups is 1. The third kappa shape index (κ3) is 6.57. The van der Waals surface area contributed by atoms with Crippen LogP contribution in [0.1, 0.15) is 98.2 Å². The fourth-order valence-corrected chi connectivity index (χ4v) is 7.97. The third-order valence-corrected chi connectivity index (χ3v) is 9.83. The molecule has 42 heavy (non-hydrogen) atoms. The van der Waals surface area contributed by atoms with Crippen molar-refractivity contribution < 1.29 is 9.59 Å². The molecule has 0 bridgehead atoms. The standard InChI is InChI=1S/C31H37Cl2N7O2/c32-23-16-24(33)18-25(17-23)34-31(42)40(26-12-9-20(10-13-26)19-5-2-1-3-6-19)28-8-4-7-21-15-22(11-14-27(21)28)29(41)35-30-36-38-39-37-30/h11,14-20,26,28H,1-10,12-13H2,(H,34,42)(H2,35,36,37,38,39,41). The Hall–Kier alpha value is -3.17. The molecular formula is C31H37Cl2N7O2. The van der Waals surface area contributed by atoms with E-state index in [2.05, 4.69) is 36.2 Å². The number of amides is 3. The topological polar surface area (TPSA) is 116 Å². The number of hydrogen-bond donors (Lipinski definition) is 3. The first kappa shape index (κ1) is 28.9. The van der Waals surface area contributed by atoms with Gasteiger partial charge in [-0.3, -0.25) is 10.1 Å². The molecule has 2 fully saturated rings. The molecule has 3 N–H and O–H groups in total. The highest BCUT2D eigenvalue weighted by Gasteiger charge is 2.38. The number of nitrogens with one attached hydrogen (secondary N) is 3. The van der Waals surface area contributed by atoms with Crippen molar-refractivity contribution >= 4 is 46.8 Å². The summed E-state index contributed by atoms with van der Waals surface area (Å²) in [6.45, 7) is 0. The van der Waals surface area contributed by atoms with E-state index in [9.17, 15) is 9.59 Å². The van der Waals surface area contributed by atoms with Gasteiger partial charge in [0, 0.05) is 27.3 Å². The van der Waals surface area contributed by atoms with Gasteiger partial charge in [-0.25, -0.2) is 4.79 Å². The highest BCUT2D eigenvalue weighted by molar-refractivity contribution is 6.35. The van der Waals surface area contributed by atoms with Crippen LogP contribution in [0.2, 0.25) is 10.0 Å². The van der Waals surface area contributed by atoms with Gasteiger partial charge in [-0.1, -0.05) is 66.5 Å². The molecule has 2 aromatic carbocycles. The van der Waals surface area contributed by atoms with Crippen LogP contribution in [0, 0.1) is 11.8 Å². The number of H-pyrrole nitrogens is 1. The summed E-state index contributed by atoms with van der Waals surface area (Å²) in [6, 6.07) is 10.8. The first-order valence-corrected chi connectivity index (χ1v) is 15.9. The van der Waals surface area contributed by atoms with Gasteiger partial charge >= 0.3 is 6.03 Å². The van der Waals surface area contributed by atoms with Gasteiger partial charge in [0.05, 0.1) is 6.04 Å². The minimum absolute atomic E-state index is 0.0889. The average Bonchev–Trinajstić information content (AvgIpc) is 3.50. The number of anilines is 2. The van der Waals surface area contributed by atoms with Crippen LogP contribution >= 0.6 is 23.2 Å². The molecular weight excluding hydrogens is 573 g/mol. The highest BCUT2D eigenvalue weighted by atomic mass is 35.5. The number of benzene rings is 2. The lowest BCUT2D eigenvalue weighted by molar-refractivity contribution is 0.0939. The molecule has 0 radical (unpaired) electrons. The van der Waals surface area contributed by atoms with Gasteiger partial charge in [-0.15, -0.1) is 5.10 Å². The normalized spacial score (nSPS) is 22.7. The Morgan fingerprint density at radius 3 is 2.29 bits per heavy atom. The molecule has 1 aromatic heterocycles. The summed E-state index contributed by atoms with van der Waals surface area (Å²) < 4.78 is 0. The molecule has 0 spiro atoms. The number of rotatable bonds is 6. The Balaban J connectivity index is 1.25. The molecule has 3 aliphatic carbocycles. The van der Waals surface area contributed by atoms with Crippen LogP contribution in [-0.4, -0.2) is 43.5 Å². The summed E-state index contributed by atoms with van der Waals surface area (Å²) in [5.74, 6) is 1.43. The average molecular weight is 611 g/mol. The molecule has 222 valence electrons. The molecule has 3 aromatic rings. The summed E-state index contributed by atoms with van der Waals surface area (Å²) in [6.07, 6.45) is 13.8. The molecule has 1 atom stereocenters. The van der Waals surface area contributed by atoms with Crippen molar-refractivity contribution in [2.24, 2.45) is 11.8 Å². The predicted octanol–water partition coefficient (Wildman–Crippen LogP) is 7.81. The zero-order chi connectivity index (χ0) is 29.1. The maximum atomic E-state index is 14.1. The number of carbonyl (C=O) groups is 2. The second kappa shape index (κ2) is 13.0. The van der Waals surface area contributed by atoms with Gasteiger partial charge in [0.2, 0.25) is 0 Å². The second-order valence-corrected chi connectivity index (χ2v) is 12.8. The van der Waals surface area contributed by atoms with E-state index in [1.54, 1.807) is 18.2 Å². The summed E-state index contributed by atoms with van der Waals surface area (Å²) in [7, 11) is 0. The van der Waals surface area contributed by atoms with E-state index in [0.29, 0.717) is 21.3 Å². The number of fused-ring (bicyclic) bond motifs is 1. The fraction of sp³-hybridized carbons (Fsp3) is 0.516. The monoisotopic (exact) mass is 609 g/mol. The van der Waals surface area contributed by atoms with Crippen LogP contribution in [-0.2, 0) is 6.42 Å². The highest BCUT2D eigenvalue weighted by Crippen LogP contribution is 2.43. The van der Waals surface area contributed by atoms with E-state index >= 15 is 0 Å². The molecule has 2 saturated carbocycles. The quantitative estimate of drug-likeness (QED) is 0.263. The Bertz CT molecular complexity index is 1380. The first-order chi connectivity index (χ1) is 20.4. The van der Waals surface area contributed by atoms with E-state index < -0.39 is 0 Å². The number of halogens is 2. The number of hydrogen-bond acceptors (Lipinski definition) is 5. The number of aromatic amines is 1. The molecule has 0 aliphatic heterocycles. The lowest BCUT2D eigenvalue weighted by Gasteiger charge is -2.45. The number of carbonyl (C=O) groups excluding carboxylic acids is 2. The largest absolute Gasteiger partial charge is 0.322 e. The van der Waals surface area contributed by atoms with Crippen molar-refractivity contribution in [1.29, 1.82) is 0 Å². The van der Waals surface area contributed by atoms with Crippen LogP contribution < -0.4 is 10.6 Å². The molecule has 9 nitrogen and oxygen atoms in total. The smallest absolute Gasteiger partial charge is 0.315 e. The lowest BCUT2D eigenvalue weighted by Crippen LogP contribution is -2.48. The van der Waals surface area contributed by atoms with E-state index in [-0.39, 0.29) is 30.0 Å². The number of tetrazole rings is 1. The predicted molar refractivity (Wildman–Crippen MR) is 164 cm³/mol. The number of aromatic nitrogens is 4. The van der Waals surface area contributed by atoms with Gasteiger partial charge in [-0.2, -0.15) is 5.21 Å². The Morgan fingerprint density at radius 2 is 1.57 bits per heavy atom. The van der Waals surface area contributed by atoms with Gasteiger partial charge in [0.1, 0.15) is 0 Å². The molecule has 3 aliphatic rings. The number of nitrogens with zero attached hydrogens (tertiary/aromatic N) is 4. The van der Waals surface area contributed by atoms with Crippen molar-refractivity contribution in [3.05, 3.63) is 63.1 Å². The lowest BCUT2D eigenvalue weighted by atomic mass is 9.72. The summed E-state index contributed by atoms with van der Waals surface area (Å²) in [4.78, 5) is 29.1. The fourth-order valence-electron chi connectivity index (χ4n) is 7.44. The maximum Gasteiger partial charge on any atom is 0.322 e. The van der Waals surface area contributed by atoms with Crippen molar-refractivity contribution in [3.8, 4) is 0 Å². The van der Waals surface area contributed by atoms with Crippen molar-refractivity contribution in [2.75, 3.05) is 10.6 Å². The Morgan fingerprint density at radius 1 is 0.833 bits per heavy atom. The minimum atomic E-state index is -0.296. The Kier molecular flexibility index (Phi) is 8.95. The van der Waals surface area contributed by atoms with Crippen molar-refractivity contribution in [3.63, 3.8) is 0 Å². The zero-order valence-corrected chi connectivity index (χ0v) is 25.1. The molecule has 1 unspecified atom stereocenters. The molecule has 1 heterocycles. The summed E-state index contributed by atoms with van der Waals surface area (Å²) >= 11 is 12.5. The zero-order valence-electron chi connectivity index (χ0n) is 23.6. The SMILES string of the molecule is O=C(Nc1nn[nH]n1)c1ccc2c(c1)CCCC2N(C(=O)Nc1cc(Cl)cc(Cl)c1)C1CCC(C2CCCCC2)CC1. The van der Waals surface area contributed by atoms with Gasteiger partial charge in [0.25, 0.3) is 11.9 Å². The first-order valence-electron chi connectivity index (χ1n) is 15.2. The Labute approximate surface area is 256 Å². The van der Waals surface area contributed by atoms with Crippen molar-refractivity contribution in [2.45, 2.75) is 89.1 Å². The van der Waals surface area contributed by atoms with Gasteiger partial charge < -0.3 is 10.2 Å². The summed E-state index contributed by atoms with van der Waals surface area (Å²) in [5, 5.41) is 20.2. The van der Waals surface area contributed by atoms with Crippen LogP contribution in [0.15, 0.2) is 36.4 Å². The second-order valence-electron chi connectivity index (χ2n) is 12.0. The van der Waals surface area contributed by atoms with Crippen LogP contribution in [0.3, 0.4) is 0 Å². The molecule has 0 saturated heterocycles. The molecule has 3 amide bonds. The maximum absolute atomic E-state index is 14.1. The van der Waals surface area contributed by atoms with Crippen LogP contribution in [0.25, 0.3) is 0 Å². The molecule has 6 rings (SSSR count). The van der Waals surface area contributed by atoms with Gasteiger partial charge in [0.15, 0.2) is 0 Å². The minimum Gasteiger partial charge on any atom is -0.315 e. The van der Waals surface area contributed by atoms with E-state index in [1.165, 1.54) is 32.1 Å². The summed E-state index contributed by atoms with van der Waals surface area (Å²) in [5.41, 5.74) is 3.30. The van der Waals surface area contributed by atoms with E-state index in [4.69, 9.17) is 23.2 Å². The third-order valence-electron chi connectivity index (χ3n) is 9.39. The van der Waals surface area contributed by atoms with Crippen LogP contribution in [0.5, 0.6) is 0 Å².